The molecule has 0 spiro atoms. The van der Waals surface area contributed by atoms with Crippen molar-refractivity contribution in [1.82, 2.24) is 5.32 Å². The third kappa shape index (κ3) is 4.65. The fourth-order valence-electron chi connectivity index (χ4n) is 2.33. The van der Waals surface area contributed by atoms with Crippen LogP contribution in [0.1, 0.15) is 18.1 Å². The van der Waals surface area contributed by atoms with Gasteiger partial charge in [0.2, 0.25) is 0 Å². The number of benzene rings is 2. The zero-order chi connectivity index (χ0) is 17.4. The van der Waals surface area contributed by atoms with Gasteiger partial charge in [0.25, 0.3) is 0 Å². The van der Waals surface area contributed by atoms with E-state index in [0.717, 1.165) is 5.69 Å². The Morgan fingerprint density at radius 1 is 1.12 bits per heavy atom. The molecule has 2 aromatic carbocycles. The van der Waals surface area contributed by atoms with Crippen LogP contribution in [0, 0.1) is 6.92 Å². The van der Waals surface area contributed by atoms with E-state index in [4.69, 9.17) is 9.47 Å². The molecule has 2 aromatic rings. The van der Waals surface area contributed by atoms with Gasteiger partial charge in [-0.2, -0.15) is 0 Å². The minimum atomic E-state index is 0.583. The quantitative estimate of drug-likeness (QED) is 0.629. The predicted molar refractivity (Wildman–Crippen MR) is 99.2 cm³/mol. The van der Waals surface area contributed by atoms with Gasteiger partial charge in [0.05, 0.1) is 13.7 Å². The lowest BCUT2D eigenvalue weighted by Crippen LogP contribution is -2.30. The van der Waals surface area contributed by atoms with E-state index in [9.17, 15) is 0 Å². The number of rotatable bonds is 6. The minimum Gasteiger partial charge on any atom is -0.493 e. The molecule has 0 unspecified atom stereocenters. The Morgan fingerprint density at radius 3 is 2.58 bits per heavy atom. The van der Waals surface area contributed by atoms with Crippen LogP contribution < -0.4 is 20.1 Å². The highest BCUT2D eigenvalue weighted by molar-refractivity contribution is 5.93. The lowest BCUT2D eigenvalue weighted by Gasteiger charge is -2.15. The molecule has 0 aromatic heterocycles. The number of aryl methyl sites for hydroxylation is 1. The Morgan fingerprint density at radius 2 is 1.92 bits per heavy atom. The molecule has 24 heavy (non-hydrogen) atoms. The van der Waals surface area contributed by atoms with Gasteiger partial charge < -0.3 is 20.1 Å². The van der Waals surface area contributed by atoms with Crippen LogP contribution in [0.15, 0.2) is 47.5 Å². The van der Waals surface area contributed by atoms with Crippen LogP contribution in [0.25, 0.3) is 0 Å². The first-order valence-corrected chi connectivity index (χ1v) is 8.01. The van der Waals surface area contributed by atoms with Gasteiger partial charge in [-0.15, -0.1) is 0 Å². The topological polar surface area (TPSA) is 54.9 Å². The van der Waals surface area contributed by atoms with E-state index in [1.54, 1.807) is 14.2 Å². The van der Waals surface area contributed by atoms with Gasteiger partial charge >= 0.3 is 0 Å². The monoisotopic (exact) mass is 327 g/mol. The number of aliphatic imine (C=N–C) groups is 1. The first-order chi connectivity index (χ1) is 11.7. The largest absolute Gasteiger partial charge is 0.493 e. The van der Waals surface area contributed by atoms with Gasteiger partial charge in [0.1, 0.15) is 0 Å². The summed E-state index contributed by atoms with van der Waals surface area (Å²) in [7, 11) is 3.38. The molecule has 0 fully saturated rings. The zero-order valence-electron chi connectivity index (χ0n) is 14.7. The fraction of sp³-hybridized carbons (Fsp3) is 0.316. The van der Waals surface area contributed by atoms with Crippen molar-refractivity contribution in [2.45, 2.75) is 20.4 Å². The van der Waals surface area contributed by atoms with Crippen LogP contribution in [0.4, 0.5) is 5.69 Å². The van der Waals surface area contributed by atoms with E-state index in [2.05, 4.69) is 34.7 Å². The summed E-state index contributed by atoms with van der Waals surface area (Å²) in [4.78, 5) is 4.27. The van der Waals surface area contributed by atoms with Gasteiger partial charge in [-0.1, -0.05) is 24.3 Å². The highest BCUT2D eigenvalue weighted by Crippen LogP contribution is 2.30. The molecule has 0 saturated heterocycles. The number of ether oxygens (including phenoxy) is 2. The number of hydrogen-bond donors (Lipinski definition) is 2. The summed E-state index contributed by atoms with van der Waals surface area (Å²) in [5.74, 6) is 2.12. The Labute approximate surface area is 143 Å². The van der Waals surface area contributed by atoms with Crippen molar-refractivity contribution in [2.75, 3.05) is 26.1 Å². The van der Waals surface area contributed by atoms with Crippen molar-refractivity contribution in [3.63, 3.8) is 0 Å². The number of methoxy groups -OCH3 is 1. The van der Waals surface area contributed by atoms with Gasteiger partial charge in [-0.05, 0) is 37.1 Å². The number of hydrogen-bond acceptors (Lipinski definition) is 3. The van der Waals surface area contributed by atoms with Gasteiger partial charge in [0.15, 0.2) is 17.5 Å². The zero-order valence-corrected chi connectivity index (χ0v) is 14.7. The second kappa shape index (κ2) is 8.82. The number of nitrogens with zero attached hydrogens (tertiary/aromatic N) is 1. The van der Waals surface area contributed by atoms with Crippen LogP contribution >= 0.6 is 0 Å². The Balaban J connectivity index is 2.05. The summed E-state index contributed by atoms with van der Waals surface area (Å²) in [6.45, 7) is 5.34. The molecule has 5 nitrogen and oxygen atoms in total. The van der Waals surface area contributed by atoms with E-state index < -0.39 is 0 Å². The molecule has 0 bridgehead atoms. The van der Waals surface area contributed by atoms with E-state index in [0.29, 0.717) is 30.6 Å². The normalized spacial score (nSPS) is 11.1. The molecule has 0 saturated carbocycles. The maximum Gasteiger partial charge on any atom is 0.195 e. The molecule has 0 aliphatic carbocycles. The Hall–Kier alpha value is -2.69. The molecular weight excluding hydrogens is 302 g/mol. The van der Waals surface area contributed by atoms with Gasteiger partial charge in [0, 0.05) is 25.3 Å². The van der Waals surface area contributed by atoms with E-state index in [1.807, 2.05) is 37.3 Å². The number of nitrogens with one attached hydrogen (secondary N) is 2. The molecular formula is C19H25N3O2. The third-order valence-electron chi connectivity index (χ3n) is 3.66. The minimum absolute atomic E-state index is 0.583. The van der Waals surface area contributed by atoms with Gasteiger partial charge in [-0.25, -0.2) is 0 Å². The average molecular weight is 327 g/mol. The maximum absolute atomic E-state index is 5.60. The molecule has 5 heteroatoms. The molecule has 0 aliphatic heterocycles. The van der Waals surface area contributed by atoms with E-state index in [1.165, 1.54) is 11.1 Å². The summed E-state index contributed by atoms with van der Waals surface area (Å²) in [6, 6.07) is 14.0. The van der Waals surface area contributed by atoms with Crippen LogP contribution in [0.5, 0.6) is 11.5 Å². The van der Waals surface area contributed by atoms with Gasteiger partial charge in [-0.3, -0.25) is 4.99 Å². The average Bonchev–Trinajstić information content (AvgIpc) is 2.60. The summed E-state index contributed by atoms with van der Waals surface area (Å²) in [5.41, 5.74) is 3.38. The second-order valence-corrected chi connectivity index (χ2v) is 5.28. The molecule has 0 amide bonds. The fourth-order valence-corrected chi connectivity index (χ4v) is 2.33. The molecule has 2 rings (SSSR count). The first kappa shape index (κ1) is 17.7. The molecule has 0 heterocycles. The first-order valence-electron chi connectivity index (χ1n) is 8.01. The van der Waals surface area contributed by atoms with Crippen LogP contribution in [-0.4, -0.2) is 26.7 Å². The van der Waals surface area contributed by atoms with Crippen molar-refractivity contribution in [3.8, 4) is 11.5 Å². The summed E-state index contributed by atoms with van der Waals surface area (Å²) in [5, 5.41) is 6.59. The highest BCUT2D eigenvalue weighted by atomic mass is 16.5. The standard InChI is InChI=1S/C19H25N3O2/c1-5-24-18-12-16(10-11-17(18)23-4)22-19(20-3)21-13-15-9-7-6-8-14(15)2/h6-12H,5,13H2,1-4H3,(H2,20,21,22). The Bertz CT molecular complexity index is 699. The third-order valence-corrected chi connectivity index (χ3v) is 3.66. The predicted octanol–water partition coefficient (Wildman–Crippen LogP) is 3.59. The van der Waals surface area contributed by atoms with Crippen molar-refractivity contribution in [1.29, 1.82) is 0 Å². The van der Waals surface area contributed by atoms with Crippen molar-refractivity contribution < 1.29 is 9.47 Å². The summed E-state index contributed by atoms with van der Waals surface area (Å²) in [6.07, 6.45) is 0. The van der Waals surface area contributed by atoms with Crippen LogP contribution in [-0.2, 0) is 6.54 Å². The summed E-state index contributed by atoms with van der Waals surface area (Å²) < 4.78 is 10.9. The van der Waals surface area contributed by atoms with Crippen molar-refractivity contribution in [3.05, 3.63) is 53.6 Å². The smallest absolute Gasteiger partial charge is 0.195 e. The van der Waals surface area contributed by atoms with E-state index >= 15 is 0 Å². The molecule has 0 radical (unpaired) electrons. The van der Waals surface area contributed by atoms with Crippen LogP contribution in [0.3, 0.4) is 0 Å². The summed E-state index contributed by atoms with van der Waals surface area (Å²) >= 11 is 0. The Kier molecular flexibility index (Phi) is 6.49. The highest BCUT2D eigenvalue weighted by Gasteiger charge is 2.07. The maximum atomic E-state index is 5.60. The molecule has 0 aliphatic rings. The lowest BCUT2D eigenvalue weighted by molar-refractivity contribution is 0.311. The molecule has 128 valence electrons. The number of guanidine groups is 1. The SMILES string of the molecule is CCOc1cc(NC(=NC)NCc2ccccc2C)ccc1OC. The molecule has 2 N–H and O–H groups in total. The van der Waals surface area contributed by atoms with E-state index in [-0.39, 0.29) is 0 Å². The van der Waals surface area contributed by atoms with Crippen LogP contribution in [0.2, 0.25) is 0 Å². The van der Waals surface area contributed by atoms with Crippen molar-refractivity contribution in [2.24, 2.45) is 4.99 Å². The molecule has 0 atom stereocenters. The number of anilines is 1. The second-order valence-electron chi connectivity index (χ2n) is 5.28. The van der Waals surface area contributed by atoms with Crippen molar-refractivity contribution >= 4 is 11.6 Å². The lowest BCUT2D eigenvalue weighted by atomic mass is 10.1.